The number of benzene rings is 1. The molecule has 0 radical (unpaired) electrons. The molecule has 0 aliphatic carbocycles. The second-order valence-corrected chi connectivity index (χ2v) is 4.36. The summed E-state index contributed by atoms with van der Waals surface area (Å²) in [6, 6.07) is 9.63. The van der Waals surface area contributed by atoms with Gasteiger partial charge in [0.05, 0.1) is 5.52 Å². The number of H-pyrrole nitrogens is 2. The van der Waals surface area contributed by atoms with Crippen molar-refractivity contribution in [3.63, 3.8) is 0 Å². The molecule has 1 aromatic carbocycles. The van der Waals surface area contributed by atoms with Crippen LogP contribution in [0.1, 0.15) is 0 Å². The Hall–Kier alpha value is -1.34. The fourth-order valence-corrected chi connectivity index (χ4v) is 1.83. The Bertz CT molecular complexity index is 505. The fourth-order valence-electron chi connectivity index (χ4n) is 1.08. The zero-order valence-corrected chi connectivity index (χ0v) is 10.5. The standard InChI is InChI=1S/C6H5N3.C3H3BrN2S/c1-2-4-6-5(3-1)7-9-8-6;4-7-3-1-2-5-6-3/h1-4H,(H,7,8,9);1-2H,(H,5,6). The molecule has 3 rings (SSSR count). The van der Waals surface area contributed by atoms with Crippen LogP contribution in [0.4, 0.5) is 0 Å². The Labute approximate surface area is 103 Å². The topological polar surface area (TPSA) is 70.2 Å². The summed E-state index contributed by atoms with van der Waals surface area (Å²) < 4.78 is 0. The molecule has 0 saturated heterocycles. The van der Waals surface area contributed by atoms with Gasteiger partial charge in [-0.3, -0.25) is 10.2 Å². The molecule has 2 heterocycles. The van der Waals surface area contributed by atoms with Gasteiger partial charge in [0.1, 0.15) is 10.5 Å². The van der Waals surface area contributed by atoms with Crippen molar-refractivity contribution in [1.29, 1.82) is 0 Å². The van der Waals surface area contributed by atoms with E-state index in [-0.39, 0.29) is 0 Å². The Kier molecular flexibility index (Phi) is 3.95. The molecule has 2 aromatic heterocycles. The van der Waals surface area contributed by atoms with E-state index in [0.29, 0.717) is 0 Å². The largest absolute Gasteiger partial charge is 0.285 e. The number of fused-ring (bicyclic) bond motifs is 1. The van der Waals surface area contributed by atoms with Crippen LogP contribution in [0.3, 0.4) is 0 Å². The maximum atomic E-state index is 3.83. The quantitative estimate of drug-likeness (QED) is 0.724. The van der Waals surface area contributed by atoms with Crippen LogP contribution in [-0.2, 0) is 0 Å². The Morgan fingerprint density at radius 1 is 1.19 bits per heavy atom. The third-order valence-corrected chi connectivity index (χ3v) is 3.17. The second kappa shape index (κ2) is 5.66. The van der Waals surface area contributed by atoms with Gasteiger partial charge < -0.3 is 0 Å². The molecular formula is C9H8BrN5S. The number of hydrogen-bond acceptors (Lipinski definition) is 4. The predicted molar refractivity (Wildman–Crippen MR) is 67.3 cm³/mol. The Morgan fingerprint density at radius 3 is 2.69 bits per heavy atom. The Morgan fingerprint density at radius 2 is 2.06 bits per heavy atom. The van der Waals surface area contributed by atoms with Crippen LogP contribution in [0.25, 0.3) is 11.0 Å². The first-order valence-corrected chi connectivity index (χ1v) is 7.10. The number of rotatable bonds is 1. The first kappa shape index (κ1) is 11.2. The summed E-state index contributed by atoms with van der Waals surface area (Å²) in [5, 5.41) is 17.7. The zero-order valence-electron chi connectivity index (χ0n) is 8.09. The van der Waals surface area contributed by atoms with Gasteiger partial charge in [-0.25, -0.2) is 0 Å². The van der Waals surface area contributed by atoms with Gasteiger partial charge in [0, 0.05) is 6.20 Å². The molecule has 0 saturated carbocycles. The second-order valence-electron chi connectivity index (χ2n) is 2.82. The number of nitrogens with zero attached hydrogens (tertiary/aromatic N) is 3. The molecular weight excluding hydrogens is 290 g/mol. The van der Waals surface area contributed by atoms with Crippen molar-refractivity contribution in [3.8, 4) is 0 Å². The van der Waals surface area contributed by atoms with Crippen molar-refractivity contribution in [2.75, 3.05) is 0 Å². The number of para-hydroxylation sites is 1. The minimum Gasteiger partial charge on any atom is -0.285 e. The fraction of sp³-hybridized carbons (Fsp3) is 0. The molecule has 82 valence electrons. The molecule has 0 aliphatic heterocycles. The molecule has 0 amide bonds. The monoisotopic (exact) mass is 297 g/mol. The lowest BCUT2D eigenvalue weighted by atomic mass is 10.3. The molecule has 16 heavy (non-hydrogen) atoms. The number of halogens is 1. The normalized spacial score (nSPS) is 9.81. The van der Waals surface area contributed by atoms with E-state index >= 15 is 0 Å². The maximum Gasteiger partial charge on any atom is 0.129 e. The van der Waals surface area contributed by atoms with Crippen molar-refractivity contribution < 1.29 is 0 Å². The van der Waals surface area contributed by atoms with Gasteiger partial charge in [-0.15, -0.1) is 5.10 Å². The van der Waals surface area contributed by atoms with Crippen molar-refractivity contribution >= 4 is 36.0 Å². The van der Waals surface area contributed by atoms with Crippen molar-refractivity contribution in [2.24, 2.45) is 0 Å². The lowest BCUT2D eigenvalue weighted by Gasteiger charge is -1.79. The first-order chi connectivity index (χ1) is 7.90. The first-order valence-electron chi connectivity index (χ1n) is 4.44. The summed E-state index contributed by atoms with van der Waals surface area (Å²) in [6.45, 7) is 0. The molecule has 0 spiro atoms. The summed E-state index contributed by atoms with van der Waals surface area (Å²) in [5.74, 6) is 0. The van der Waals surface area contributed by atoms with E-state index in [1.54, 1.807) is 6.20 Å². The summed E-state index contributed by atoms with van der Waals surface area (Å²) in [5.41, 5.74) is 1.90. The van der Waals surface area contributed by atoms with E-state index in [9.17, 15) is 0 Å². The smallest absolute Gasteiger partial charge is 0.129 e. The highest BCUT2D eigenvalue weighted by molar-refractivity contribution is 9.50. The van der Waals surface area contributed by atoms with Crippen molar-refractivity contribution in [1.82, 2.24) is 25.6 Å². The lowest BCUT2D eigenvalue weighted by Crippen LogP contribution is -1.63. The minimum absolute atomic E-state index is 0.914. The molecule has 0 fully saturated rings. The SMILES string of the molecule is BrSc1cc[nH]n1.c1ccc2[nH]nnc2c1. The highest BCUT2D eigenvalue weighted by Crippen LogP contribution is 2.19. The summed E-state index contributed by atoms with van der Waals surface area (Å²) >= 11 is 3.17. The average Bonchev–Trinajstić information content (AvgIpc) is 3.01. The molecule has 3 aromatic rings. The van der Waals surface area contributed by atoms with Crippen LogP contribution in [0.5, 0.6) is 0 Å². The average molecular weight is 298 g/mol. The van der Waals surface area contributed by atoms with Gasteiger partial charge in [0.15, 0.2) is 0 Å². The van der Waals surface area contributed by atoms with Crippen LogP contribution < -0.4 is 0 Å². The van der Waals surface area contributed by atoms with E-state index in [2.05, 4.69) is 40.4 Å². The van der Waals surface area contributed by atoms with Gasteiger partial charge in [0.25, 0.3) is 0 Å². The van der Waals surface area contributed by atoms with Crippen LogP contribution in [0.15, 0.2) is 41.6 Å². The highest BCUT2D eigenvalue weighted by atomic mass is 79.9. The summed E-state index contributed by atoms with van der Waals surface area (Å²) in [4.78, 5) is 0. The van der Waals surface area contributed by atoms with Gasteiger partial charge in [-0.2, -0.15) is 5.10 Å². The van der Waals surface area contributed by atoms with Crippen LogP contribution in [0.2, 0.25) is 0 Å². The molecule has 0 atom stereocenters. The van der Waals surface area contributed by atoms with Crippen LogP contribution in [-0.4, -0.2) is 25.6 Å². The number of aromatic amines is 2. The van der Waals surface area contributed by atoms with E-state index in [0.717, 1.165) is 16.1 Å². The molecule has 2 N–H and O–H groups in total. The predicted octanol–water partition coefficient (Wildman–Crippen LogP) is 2.77. The van der Waals surface area contributed by atoms with Gasteiger partial charge in [-0.05, 0) is 43.2 Å². The highest BCUT2D eigenvalue weighted by Gasteiger charge is 1.90. The molecule has 0 bridgehead atoms. The van der Waals surface area contributed by atoms with E-state index < -0.39 is 0 Å². The number of aromatic nitrogens is 5. The van der Waals surface area contributed by atoms with Crippen LogP contribution >= 0.6 is 25.0 Å². The van der Waals surface area contributed by atoms with E-state index in [4.69, 9.17) is 0 Å². The van der Waals surface area contributed by atoms with Crippen molar-refractivity contribution in [3.05, 3.63) is 36.5 Å². The maximum absolute atomic E-state index is 3.83. The van der Waals surface area contributed by atoms with Gasteiger partial charge >= 0.3 is 0 Å². The molecule has 5 nitrogen and oxygen atoms in total. The Balaban J connectivity index is 0.000000125. The third-order valence-electron chi connectivity index (χ3n) is 1.79. The minimum atomic E-state index is 0.914. The molecule has 7 heteroatoms. The zero-order chi connectivity index (χ0) is 11.2. The number of hydrogen-bond donors (Lipinski definition) is 2. The van der Waals surface area contributed by atoms with Gasteiger partial charge in [0.2, 0.25) is 0 Å². The third kappa shape index (κ3) is 2.83. The van der Waals surface area contributed by atoms with Crippen LogP contribution in [0, 0.1) is 0 Å². The molecule has 0 unspecified atom stereocenters. The summed E-state index contributed by atoms with van der Waals surface area (Å²) in [6.07, 6.45) is 1.78. The van der Waals surface area contributed by atoms with Crippen molar-refractivity contribution in [2.45, 2.75) is 5.03 Å². The van der Waals surface area contributed by atoms with E-state index in [1.165, 1.54) is 10.2 Å². The number of nitrogens with one attached hydrogen (secondary N) is 2. The van der Waals surface area contributed by atoms with Gasteiger partial charge in [-0.1, -0.05) is 17.3 Å². The van der Waals surface area contributed by atoms with E-state index in [1.807, 2.05) is 30.3 Å². The summed E-state index contributed by atoms with van der Waals surface area (Å²) in [7, 11) is 1.45. The lowest BCUT2D eigenvalue weighted by molar-refractivity contribution is 0.959. The molecule has 0 aliphatic rings.